The maximum absolute atomic E-state index is 12.4. The van der Waals surface area contributed by atoms with E-state index in [9.17, 15) is 13.2 Å². The summed E-state index contributed by atoms with van der Waals surface area (Å²) in [5, 5.41) is 0. The summed E-state index contributed by atoms with van der Waals surface area (Å²) >= 11 is 0. The van der Waals surface area contributed by atoms with E-state index in [1.54, 1.807) is 6.07 Å². The predicted octanol–water partition coefficient (Wildman–Crippen LogP) is 3.17. The van der Waals surface area contributed by atoms with Crippen molar-refractivity contribution in [1.29, 1.82) is 0 Å². The number of benzene rings is 1. The molecule has 1 rings (SSSR count). The highest BCUT2D eigenvalue weighted by Crippen LogP contribution is 2.31. The Morgan fingerprint density at radius 3 is 2.43 bits per heavy atom. The standard InChI is InChI=1S/C10H8F3N/c1-14-7-6-8-4-2-3-5-9(8)10(11,12)13/h2-5H,6-7H2. The van der Waals surface area contributed by atoms with Gasteiger partial charge in [0, 0.05) is 6.42 Å². The normalized spacial score (nSPS) is 11.0. The van der Waals surface area contributed by atoms with Gasteiger partial charge >= 0.3 is 6.18 Å². The SMILES string of the molecule is [C-]#[N+]CCc1ccccc1C(F)(F)F. The minimum absolute atomic E-state index is 0.0904. The molecule has 0 amide bonds. The molecular formula is C10H8F3N. The van der Waals surface area contributed by atoms with Gasteiger partial charge in [-0.1, -0.05) is 18.2 Å². The van der Waals surface area contributed by atoms with Crippen molar-refractivity contribution in [2.75, 3.05) is 6.54 Å². The van der Waals surface area contributed by atoms with Crippen LogP contribution < -0.4 is 0 Å². The number of hydrogen-bond acceptors (Lipinski definition) is 0. The van der Waals surface area contributed by atoms with E-state index in [1.165, 1.54) is 12.1 Å². The molecule has 1 aromatic carbocycles. The van der Waals surface area contributed by atoms with Gasteiger partial charge in [-0.2, -0.15) is 13.2 Å². The van der Waals surface area contributed by atoms with Crippen LogP contribution in [0, 0.1) is 6.57 Å². The van der Waals surface area contributed by atoms with Gasteiger partial charge in [-0.25, -0.2) is 6.57 Å². The van der Waals surface area contributed by atoms with Crippen LogP contribution in [0.25, 0.3) is 4.85 Å². The molecule has 4 heteroatoms. The third kappa shape index (κ3) is 2.49. The number of halogens is 3. The number of rotatable bonds is 2. The summed E-state index contributed by atoms with van der Waals surface area (Å²) in [6.07, 6.45) is -4.17. The minimum atomic E-state index is -4.32. The van der Waals surface area contributed by atoms with Crippen LogP contribution in [0.4, 0.5) is 13.2 Å². The average molecular weight is 199 g/mol. The van der Waals surface area contributed by atoms with Crippen molar-refractivity contribution in [1.82, 2.24) is 0 Å². The smallest absolute Gasteiger partial charge is 0.317 e. The molecule has 0 heterocycles. The first-order valence-corrected chi connectivity index (χ1v) is 4.04. The van der Waals surface area contributed by atoms with Crippen LogP contribution in [0.3, 0.4) is 0 Å². The summed E-state index contributed by atoms with van der Waals surface area (Å²) in [6, 6.07) is 5.35. The Balaban J connectivity index is 2.99. The second kappa shape index (κ2) is 4.14. The summed E-state index contributed by atoms with van der Waals surface area (Å²) in [4.78, 5) is 3.04. The van der Waals surface area contributed by atoms with E-state index in [0.717, 1.165) is 6.07 Å². The first-order chi connectivity index (χ1) is 6.55. The second-order valence-corrected chi connectivity index (χ2v) is 2.79. The van der Waals surface area contributed by atoms with E-state index in [4.69, 9.17) is 6.57 Å². The number of hydrogen-bond donors (Lipinski definition) is 0. The van der Waals surface area contributed by atoms with Gasteiger partial charge in [0.15, 0.2) is 0 Å². The number of alkyl halides is 3. The molecule has 0 aliphatic heterocycles. The van der Waals surface area contributed by atoms with Crippen molar-refractivity contribution >= 4 is 0 Å². The molecule has 0 spiro atoms. The summed E-state index contributed by atoms with van der Waals surface area (Å²) in [5.41, 5.74) is -0.445. The van der Waals surface area contributed by atoms with E-state index >= 15 is 0 Å². The average Bonchev–Trinajstić information content (AvgIpc) is 2.14. The number of nitrogens with zero attached hydrogens (tertiary/aromatic N) is 1. The Labute approximate surface area is 80.0 Å². The summed E-state index contributed by atoms with van der Waals surface area (Å²) < 4.78 is 37.2. The molecule has 1 nitrogen and oxygen atoms in total. The molecule has 0 atom stereocenters. The lowest BCUT2D eigenvalue weighted by atomic mass is 10.0. The van der Waals surface area contributed by atoms with Crippen LogP contribution >= 0.6 is 0 Å². The van der Waals surface area contributed by atoms with Crippen molar-refractivity contribution in [2.24, 2.45) is 0 Å². The third-order valence-corrected chi connectivity index (χ3v) is 1.82. The molecular weight excluding hydrogens is 191 g/mol. The van der Waals surface area contributed by atoms with Crippen molar-refractivity contribution in [2.45, 2.75) is 12.6 Å². The van der Waals surface area contributed by atoms with E-state index in [-0.39, 0.29) is 18.5 Å². The zero-order valence-electron chi connectivity index (χ0n) is 7.30. The Morgan fingerprint density at radius 1 is 1.21 bits per heavy atom. The van der Waals surface area contributed by atoms with E-state index in [0.29, 0.717) is 0 Å². The van der Waals surface area contributed by atoms with Gasteiger partial charge in [0.2, 0.25) is 6.54 Å². The highest BCUT2D eigenvalue weighted by atomic mass is 19.4. The van der Waals surface area contributed by atoms with Crippen molar-refractivity contribution in [3.05, 3.63) is 46.8 Å². The van der Waals surface area contributed by atoms with Crippen molar-refractivity contribution < 1.29 is 13.2 Å². The van der Waals surface area contributed by atoms with Gasteiger partial charge in [-0.15, -0.1) is 0 Å². The van der Waals surface area contributed by atoms with Gasteiger partial charge in [0.1, 0.15) is 0 Å². The van der Waals surface area contributed by atoms with Crippen LogP contribution in [0.15, 0.2) is 24.3 Å². The Hall–Kier alpha value is -1.50. The molecule has 0 radical (unpaired) electrons. The van der Waals surface area contributed by atoms with Gasteiger partial charge in [-0.3, -0.25) is 0 Å². The van der Waals surface area contributed by atoms with Gasteiger partial charge < -0.3 is 4.85 Å². The van der Waals surface area contributed by atoms with Crippen LogP contribution in [-0.2, 0) is 12.6 Å². The predicted molar refractivity (Wildman–Crippen MR) is 46.6 cm³/mol. The molecule has 0 N–H and O–H groups in total. The second-order valence-electron chi connectivity index (χ2n) is 2.79. The molecule has 0 aromatic heterocycles. The topological polar surface area (TPSA) is 4.36 Å². The highest BCUT2D eigenvalue weighted by molar-refractivity contribution is 5.30. The summed E-state index contributed by atoms with van der Waals surface area (Å²) in [6.45, 7) is 6.61. The van der Waals surface area contributed by atoms with Gasteiger partial charge in [0.05, 0.1) is 5.56 Å². The highest BCUT2D eigenvalue weighted by Gasteiger charge is 2.32. The zero-order valence-corrected chi connectivity index (χ0v) is 7.30. The minimum Gasteiger partial charge on any atom is -0.317 e. The van der Waals surface area contributed by atoms with Crippen LogP contribution in [0.5, 0.6) is 0 Å². The largest absolute Gasteiger partial charge is 0.416 e. The van der Waals surface area contributed by atoms with Crippen LogP contribution in [-0.4, -0.2) is 6.54 Å². The quantitative estimate of drug-likeness (QED) is 0.644. The van der Waals surface area contributed by atoms with Gasteiger partial charge in [-0.05, 0) is 11.6 Å². The molecule has 0 aliphatic rings. The molecule has 74 valence electrons. The van der Waals surface area contributed by atoms with Crippen LogP contribution in [0.1, 0.15) is 11.1 Å². The first kappa shape index (κ1) is 10.6. The summed E-state index contributed by atoms with van der Waals surface area (Å²) in [7, 11) is 0. The molecule has 0 bridgehead atoms. The Bertz CT molecular complexity index is 349. The lowest BCUT2D eigenvalue weighted by molar-refractivity contribution is -0.138. The maximum atomic E-state index is 12.4. The van der Waals surface area contributed by atoms with Crippen LogP contribution in [0.2, 0.25) is 0 Å². The fraction of sp³-hybridized carbons (Fsp3) is 0.300. The molecule has 0 saturated carbocycles. The van der Waals surface area contributed by atoms with E-state index < -0.39 is 11.7 Å². The maximum Gasteiger partial charge on any atom is 0.416 e. The molecule has 14 heavy (non-hydrogen) atoms. The molecule has 0 unspecified atom stereocenters. The van der Waals surface area contributed by atoms with E-state index in [1.807, 2.05) is 0 Å². The monoisotopic (exact) mass is 199 g/mol. The third-order valence-electron chi connectivity index (χ3n) is 1.82. The van der Waals surface area contributed by atoms with Crippen molar-refractivity contribution in [3.8, 4) is 0 Å². The van der Waals surface area contributed by atoms with E-state index in [2.05, 4.69) is 4.85 Å². The molecule has 0 fully saturated rings. The zero-order chi connectivity index (χ0) is 10.6. The lowest BCUT2D eigenvalue weighted by Crippen LogP contribution is -2.09. The lowest BCUT2D eigenvalue weighted by Gasteiger charge is -2.10. The molecule has 0 aliphatic carbocycles. The van der Waals surface area contributed by atoms with Gasteiger partial charge in [0.25, 0.3) is 0 Å². The fourth-order valence-corrected chi connectivity index (χ4v) is 1.19. The fourth-order valence-electron chi connectivity index (χ4n) is 1.19. The Morgan fingerprint density at radius 2 is 1.86 bits per heavy atom. The molecule has 0 saturated heterocycles. The Kier molecular flexibility index (Phi) is 3.13. The molecule has 1 aromatic rings. The summed E-state index contributed by atoms with van der Waals surface area (Å²) in [5.74, 6) is 0. The first-order valence-electron chi connectivity index (χ1n) is 4.04. The van der Waals surface area contributed by atoms with Crippen molar-refractivity contribution in [3.63, 3.8) is 0 Å².